The van der Waals surface area contributed by atoms with Gasteiger partial charge in [0, 0.05) is 44.0 Å². The molecule has 1 N–H and O–H groups in total. The molecule has 1 aromatic heterocycles. The Labute approximate surface area is 169 Å². The Kier molecular flexibility index (Phi) is 5.53. The molecule has 5 nitrogen and oxygen atoms in total. The minimum Gasteiger partial charge on any atom is -0.496 e. The molecular formula is C23H25FN2O3. The van der Waals surface area contributed by atoms with E-state index in [4.69, 9.17) is 9.15 Å². The van der Waals surface area contributed by atoms with E-state index < -0.39 is 5.82 Å². The van der Waals surface area contributed by atoms with E-state index in [-0.39, 0.29) is 16.8 Å². The van der Waals surface area contributed by atoms with Crippen LogP contribution in [0.3, 0.4) is 0 Å². The lowest BCUT2D eigenvalue weighted by Gasteiger charge is -2.29. The summed E-state index contributed by atoms with van der Waals surface area (Å²) in [5.74, 6) is 0.272. The molecule has 2 heterocycles. The molecule has 0 spiro atoms. The van der Waals surface area contributed by atoms with Crippen LogP contribution in [0.15, 0.2) is 45.6 Å². The van der Waals surface area contributed by atoms with Gasteiger partial charge in [-0.05, 0) is 36.2 Å². The Morgan fingerprint density at radius 2 is 1.97 bits per heavy atom. The van der Waals surface area contributed by atoms with Gasteiger partial charge in [0.2, 0.25) is 0 Å². The van der Waals surface area contributed by atoms with Gasteiger partial charge in [0.15, 0.2) is 5.43 Å². The van der Waals surface area contributed by atoms with Crippen LogP contribution in [0.1, 0.15) is 18.9 Å². The maximum Gasteiger partial charge on any atom is 0.193 e. The fourth-order valence-electron chi connectivity index (χ4n) is 3.84. The van der Waals surface area contributed by atoms with Crippen LogP contribution >= 0.6 is 0 Å². The maximum absolute atomic E-state index is 14.7. The van der Waals surface area contributed by atoms with Crippen molar-refractivity contribution in [3.63, 3.8) is 0 Å². The standard InChI is InChI=1S/C23H25FN2O3/c1-3-4-15-11-17(19(24)13-22(15)28-2)23-14-20(27)18-12-16(5-6-21(18)29-23)26-9-7-25-8-10-26/h5-6,11-14,25H,3-4,7-10H2,1-2H3. The monoisotopic (exact) mass is 396 g/mol. The molecule has 0 radical (unpaired) electrons. The third kappa shape index (κ3) is 3.85. The minimum atomic E-state index is -0.471. The molecule has 1 aliphatic rings. The Balaban J connectivity index is 1.78. The highest BCUT2D eigenvalue weighted by atomic mass is 19.1. The van der Waals surface area contributed by atoms with Gasteiger partial charge in [-0.15, -0.1) is 0 Å². The number of aryl methyl sites for hydroxylation is 1. The second kappa shape index (κ2) is 8.25. The molecule has 0 unspecified atom stereocenters. The van der Waals surface area contributed by atoms with Crippen molar-refractivity contribution in [3.05, 3.63) is 58.0 Å². The molecule has 4 rings (SSSR count). The molecule has 0 amide bonds. The number of methoxy groups -OCH3 is 1. The summed E-state index contributed by atoms with van der Waals surface area (Å²) in [6.45, 7) is 5.68. The normalized spacial score (nSPS) is 14.4. The van der Waals surface area contributed by atoms with Gasteiger partial charge in [-0.3, -0.25) is 4.79 Å². The molecule has 29 heavy (non-hydrogen) atoms. The van der Waals surface area contributed by atoms with Crippen molar-refractivity contribution in [2.45, 2.75) is 19.8 Å². The van der Waals surface area contributed by atoms with Crippen molar-refractivity contribution in [1.82, 2.24) is 5.32 Å². The molecule has 0 aliphatic carbocycles. The molecule has 6 heteroatoms. The van der Waals surface area contributed by atoms with Gasteiger partial charge >= 0.3 is 0 Å². The van der Waals surface area contributed by atoms with E-state index in [0.29, 0.717) is 16.7 Å². The molecule has 3 aromatic rings. The van der Waals surface area contributed by atoms with Crippen LogP contribution in [-0.2, 0) is 6.42 Å². The van der Waals surface area contributed by atoms with Gasteiger partial charge < -0.3 is 19.4 Å². The van der Waals surface area contributed by atoms with E-state index in [1.165, 1.54) is 19.2 Å². The average Bonchev–Trinajstić information content (AvgIpc) is 2.75. The number of hydrogen-bond donors (Lipinski definition) is 1. The fraction of sp³-hybridized carbons (Fsp3) is 0.348. The Morgan fingerprint density at radius 1 is 1.17 bits per heavy atom. The molecule has 0 atom stereocenters. The first-order valence-electron chi connectivity index (χ1n) is 10.0. The number of benzene rings is 2. The van der Waals surface area contributed by atoms with E-state index in [9.17, 15) is 9.18 Å². The van der Waals surface area contributed by atoms with Crippen LogP contribution < -0.4 is 20.4 Å². The van der Waals surface area contributed by atoms with Crippen LogP contribution in [0.25, 0.3) is 22.3 Å². The van der Waals surface area contributed by atoms with Gasteiger partial charge in [-0.25, -0.2) is 4.39 Å². The first kappa shape index (κ1) is 19.5. The van der Waals surface area contributed by atoms with E-state index in [0.717, 1.165) is 50.3 Å². The van der Waals surface area contributed by atoms with Crippen molar-refractivity contribution in [3.8, 4) is 17.1 Å². The third-order valence-corrected chi connectivity index (χ3v) is 5.35. The number of nitrogens with zero attached hydrogens (tertiary/aromatic N) is 1. The number of nitrogens with one attached hydrogen (secondary N) is 1. The Morgan fingerprint density at radius 3 is 2.69 bits per heavy atom. The summed E-state index contributed by atoms with van der Waals surface area (Å²) in [5.41, 5.74) is 2.45. The summed E-state index contributed by atoms with van der Waals surface area (Å²) in [7, 11) is 1.53. The van der Waals surface area contributed by atoms with Gasteiger partial charge in [0.25, 0.3) is 0 Å². The first-order chi connectivity index (χ1) is 14.1. The van der Waals surface area contributed by atoms with Crippen LogP contribution in [-0.4, -0.2) is 33.3 Å². The molecule has 1 fully saturated rings. The SMILES string of the molecule is CCCc1cc(-c2cc(=O)c3cc(N4CCNCC4)ccc3o2)c(F)cc1OC. The minimum absolute atomic E-state index is 0.175. The Bertz CT molecular complexity index is 1090. The summed E-state index contributed by atoms with van der Waals surface area (Å²) < 4.78 is 26.0. The van der Waals surface area contributed by atoms with Crippen LogP contribution in [0, 0.1) is 5.82 Å². The lowest BCUT2D eigenvalue weighted by Crippen LogP contribution is -2.43. The highest BCUT2D eigenvalue weighted by Crippen LogP contribution is 2.32. The van der Waals surface area contributed by atoms with Gasteiger partial charge in [0.05, 0.1) is 18.1 Å². The molecular weight excluding hydrogens is 371 g/mol. The van der Waals surface area contributed by atoms with Crippen molar-refractivity contribution < 1.29 is 13.5 Å². The zero-order chi connectivity index (χ0) is 20.4. The zero-order valence-electron chi connectivity index (χ0n) is 16.8. The van der Waals surface area contributed by atoms with Crippen molar-refractivity contribution in [2.24, 2.45) is 0 Å². The lowest BCUT2D eigenvalue weighted by atomic mass is 10.0. The van der Waals surface area contributed by atoms with Crippen molar-refractivity contribution in [2.75, 3.05) is 38.2 Å². The summed E-state index contributed by atoms with van der Waals surface area (Å²) >= 11 is 0. The topological polar surface area (TPSA) is 54.7 Å². The first-order valence-corrected chi connectivity index (χ1v) is 10.0. The Hall–Kier alpha value is -2.86. The lowest BCUT2D eigenvalue weighted by molar-refractivity contribution is 0.406. The van der Waals surface area contributed by atoms with Crippen molar-refractivity contribution in [1.29, 1.82) is 0 Å². The summed E-state index contributed by atoms with van der Waals surface area (Å²) in [5, 5.41) is 3.83. The van der Waals surface area contributed by atoms with E-state index in [1.807, 2.05) is 12.1 Å². The summed E-state index contributed by atoms with van der Waals surface area (Å²) in [6.07, 6.45) is 1.65. The summed E-state index contributed by atoms with van der Waals surface area (Å²) in [6, 6.07) is 10.1. The van der Waals surface area contributed by atoms with Crippen molar-refractivity contribution >= 4 is 16.7 Å². The third-order valence-electron chi connectivity index (χ3n) is 5.35. The fourth-order valence-corrected chi connectivity index (χ4v) is 3.84. The van der Waals surface area contributed by atoms with Crippen LogP contribution in [0.2, 0.25) is 0 Å². The largest absolute Gasteiger partial charge is 0.496 e. The maximum atomic E-state index is 14.7. The van der Waals surface area contributed by atoms with Gasteiger partial charge in [-0.2, -0.15) is 0 Å². The number of ether oxygens (including phenoxy) is 1. The second-order valence-electron chi connectivity index (χ2n) is 7.29. The van der Waals surface area contributed by atoms with Gasteiger partial charge in [-0.1, -0.05) is 13.3 Å². The molecule has 2 aromatic carbocycles. The van der Waals surface area contributed by atoms with Crippen LogP contribution in [0.4, 0.5) is 10.1 Å². The quantitative estimate of drug-likeness (QED) is 0.707. The predicted molar refractivity (Wildman–Crippen MR) is 114 cm³/mol. The zero-order valence-corrected chi connectivity index (χ0v) is 16.8. The highest BCUT2D eigenvalue weighted by molar-refractivity contribution is 5.82. The van der Waals surface area contributed by atoms with E-state index in [2.05, 4.69) is 17.1 Å². The molecule has 1 saturated heterocycles. The summed E-state index contributed by atoms with van der Waals surface area (Å²) in [4.78, 5) is 15.1. The second-order valence-corrected chi connectivity index (χ2v) is 7.29. The smallest absolute Gasteiger partial charge is 0.193 e. The number of rotatable bonds is 5. The molecule has 152 valence electrons. The highest BCUT2D eigenvalue weighted by Gasteiger charge is 2.17. The molecule has 1 aliphatic heterocycles. The average molecular weight is 396 g/mol. The van der Waals surface area contributed by atoms with E-state index in [1.54, 1.807) is 12.1 Å². The van der Waals surface area contributed by atoms with Gasteiger partial charge in [0.1, 0.15) is 22.9 Å². The molecule has 0 bridgehead atoms. The number of halogens is 1. The molecule has 0 saturated carbocycles. The number of anilines is 1. The predicted octanol–water partition coefficient (Wildman–Crippen LogP) is 3.97. The van der Waals surface area contributed by atoms with Crippen LogP contribution in [0.5, 0.6) is 5.75 Å². The number of hydrogen-bond acceptors (Lipinski definition) is 5. The van der Waals surface area contributed by atoms with E-state index >= 15 is 0 Å². The number of fused-ring (bicyclic) bond motifs is 1. The number of piperazine rings is 1.